The Morgan fingerprint density at radius 2 is 1.88 bits per heavy atom. The molecule has 4 rings (SSSR count). The molecule has 2 aromatic rings. The van der Waals surface area contributed by atoms with Crippen LogP contribution in [-0.4, -0.2) is 33.3 Å². The molecule has 5 heteroatoms. The smallest absolute Gasteiger partial charge is 0.308 e. The minimum Gasteiger partial charge on any atom is -0.439 e. The number of furan rings is 1. The summed E-state index contributed by atoms with van der Waals surface area (Å²) < 4.78 is 6.11. The Bertz CT molecular complexity index is 911. The first-order chi connectivity index (χ1) is 12.0. The molecule has 1 atom stereocenters. The number of hydrazine groups is 1. The third-order valence-corrected chi connectivity index (χ3v) is 6.49. The molecule has 0 saturated carbocycles. The molecule has 0 bridgehead atoms. The summed E-state index contributed by atoms with van der Waals surface area (Å²) in [6.07, 6.45) is 3.36. The number of rotatable bonds is 1. The second-order valence-electron chi connectivity index (χ2n) is 9.49. The van der Waals surface area contributed by atoms with Crippen LogP contribution in [0.15, 0.2) is 22.2 Å². The summed E-state index contributed by atoms with van der Waals surface area (Å²) in [4.78, 5) is 7.10. The van der Waals surface area contributed by atoms with Gasteiger partial charge in [-0.25, -0.2) is 9.99 Å². The van der Waals surface area contributed by atoms with Gasteiger partial charge in [0.2, 0.25) is 5.71 Å². The number of aryl methyl sites for hydroxylation is 1. The van der Waals surface area contributed by atoms with Crippen molar-refractivity contribution in [1.82, 2.24) is 14.9 Å². The van der Waals surface area contributed by atoms with Crippen LogP contribution in [0.1, 0.15) is 59.4 Å². The Morgan fingerprint density at radius 3 is 2.50 bits per heavy atom. The van der Waals surface area contributed by atoms with Gasteiger partial charge in [0.15, 0.2) is 0 Å². The minimum atomic E-state index is 0.109. The number of allylic oxidation sites excluding steroid dienone is 1. The molecule has 2 aliphatic rings. The summed E-state index contributed by atoms with van der Waals surface area (Å²) in [5.41, 5.74) is 4.62. The van der Waals surface area contributed by atoms with E-state index >= 15 is 0 Å². The molecular formula is C21H30BN3O. The van der Waals surface area contributed by atoms with E-state index in [1.165, 1.54) is 17.6 Å². The summed E-state index contributed by atoms with van der Waals surface area (Å²) in [6, 6.07) is 4.70. The van der Waals surface area contributed by atoms with Crippen LogP contribution in [0.4, 0.5) is 0 Å². The van der Waals surface area contributed by atoms with Gasteiger partial charge in [-0.2, -0.15) is 0 Å². The third-order valence-electron chi connectivity index (χ3n) is 6.49. The van der Waals surface area contributed by atoms with Crippen LogP contribution in [0.3, 0.4) is 0 Å². The molecule has 4 heterocycles. The minimum absolute atomic E-state index is 0.109. The lowest BCUT2D eigenvalue weighted by Gasteiger charge is -2.49. The highest BCUT2D eigenvalue weighted by Gasteiger charge is 2.53. The zero-order valence-corrected chi connectivity index (χ0v) is 17.3. The van der Waals surface area contributed by atoms with Gasteiger partial charge in [0.05, 0.1) is 0 Å². The maximum Gasteiger partial charge on any atom is 0.308 e. The van der Waals surface area contributed by atoms with Gasteiger partial charge in [-0.15, -0.1) is 0 Å². The van der Waals surface area contributed by atoms with Gasteiger partial charge in [-0.05, 0) is 64.7 Å². The molecule has 0 unspecified atom stereocenters. The van der Waals surface area contributed by atoms with Crippen molar-refractivity contribution in [3.05, 3.63) is 29.3 Å². The zero-order chi connectivity index (χ0) is 19.0. The number of aromatic nitrogens is 1. The maximum absolute atomic E-state index is 6.11. The Balaban J connectivity index is 1.85. The highest BCUT2D eigenvalue weighted by Crippen LogP contribution is 2.48. The van der Waals surface area contributed by atoms with E-state index in [1.807, 2.05) is 6.92 Å². The lowest BCUT2D eigenvalue weighted by molar-refractivity contribution is -0.0177. The van der Waals surface area contributed by atoms with E-state index < -0.39 is 0 Å². The summed E-state index contributed by atoms with van der Waals surface area (Å²) >= 11 is 0. The van der Waals surface area contributed by atoms with Gasteiger partial charge in [-0.3, -0.25) is 0 Å². The van der Waals surface area contributed by atoms with E-state index in [-0.39, 0.29) is 17.8 Å². The molecule has 0 aromatic carbocycles. The second kappa shape index (κ2) is 5.38. The standard InChI is InChI=1S/C21H30BN3O/c1-13-9-10-16-18-17(26-19(16)23-13)11-14(2)25(22(18)8)24-15(3)20(4,5)12-21(24,6)7/h9-11,15H,12H2,1-8H3/t15-/m0/s1. The normalized spacial score (nSPS) is 24.9. The lowest BCUT2D eigenvalue weighted by Crippen LogP contribution is -2.62. The second-order valence-corrected chi connectivity index (χ2v) is 9.49. The summed E-state index contributed by atoms with van der Waals surface area (Å²) in [6.45, 7) is 18.6. The van der Waals surface area contributed by atoms with E-state index in [1.54, 1.807) is 0 Å². The molecule has 0 spiro atoms. The van der Waals surface area contributed by atoms with Crippen molar-refractivity contribution in [1.29, 1.82) is 0 Å². The zero-order valence-electron chi connectivity index (χ0n) is 17.3. The van der Waals surface area contributed by atoms with Crippen LogP contribution in [-0.2, 0) is 0 Å². The number of hydrogen-bond acceptors (Lipinski definition) is 4. The van der Waals surface area contributed by atoms with Crippen LogP contribution in [0, 0.1) is 12.3 Å². The summed E-state index contributed by atoms with van der Waals surface area (Å²) in [5, 5.41) is 3.74. The van der Waals surface area contributed by atoms with Crippen LogP contribution in [0.2, 0.25) is 6.82 Å². The highest BCUT2D eigenvalue weighted by molar-refractivity contribution is 6.73. The van der Waals surface area contributed by atoms with Crippen molar-refractivity contribution in [3.8, 4) is 0 Å². The molecule has 26 heavy (non-hydrogen) atoms. The van der Waals surface area contributed by atoms with Crippen molar-refractivity contribution in [2.75, 3.05) is 0 Å². The van der Waals surface area contributed by atoms with E-state index in [0.717, 1.165) is 22.6 Å². The first-order valence-electron chi connectivity index (χ1n) is 9.70. The van der Waals surface area contributed by atoms with Crippen molar-refractivity contribution in [3.63, 3.8) is 0 Å². The summed E-state index contributed by atoms with van der Waals surface area (Å²) in [7, 11) is 0. The van der Waals surface area contributed by atoms with Crippen molar-refractivity contribution in [2.24, 2.45) is 5.41 Å². The first kappa shape index (κ1) is 17.7. The fourth-order valence-corrected chi connectivity index (χ4v) is 5.36. The topological polar surface area (TPSA) is 32.5 Å². The predicted octanol–water partition coefficient (Wildman–Crippen LogP) is 4.45. The van der Waals surface area contributed by atoms with Gasteiger partial charge in [-0.1, -0.05) is 20.7 Å². The fourth-order valence-electron chi connectivity index (χ4n) is 5.36. The van der Waals surface area contributed by atoms with Crippen LogP contribution >= 0.6 is 0 Å². The van der Waals surface area contributed by atoms with Gasteiger partial charge < -0.3 is 9.34 Å². The van der Waals surface area contributed by atoms with Crippen LogP contribution < -0.4 is 5.46 Å². The maximum atomic E-state index is 6.11. The molecule has 4 nitrogen and oxygen atoms in total. The van der Waals surface area contributed by atoms with Gasteiger partial charge in [0, 0.05) is 33.8 Å². The molecule has 2 aliphatic heterocycles. The summed E-state index contributed by atoms with van der Waals surface area (Å²) in [5.74, 6) is 0.961. The molecule has 0 radical (unpaired) electrons. The molecule has 138 valence electrons. The average molecular weight is 351 g/mol. The van der Waals surface area contributed by atoms with Crippen molar-refractivity contribution < 1.29 is 4.42 Å². The monoisotopic (exact) mass is 351 g/mol. The van der Waals surface area contributed by atoms with Gasteiger partial charge in [0.25, 0.3) is 0 Å². The highest BCUT2D eigenvalue weighted by atomic mass is 16.3. The Morgan fingerprint density at radius 1 is 1.19 bits per heavy atom. The first-order valence-corrected chi connectivity index (χ1v) is 9.70. The van der Waals surface area contributed by atoms with Gasteiger partial charge >= 0.3 is 6.85 Å². The van der Waals surface area contributed by atoms with Crippen LogP contribution in [0.25, 0.3) is 17.2 Å². The SMILES string of the molecule is CB1c2c(oc3nc(C)ccc23)C=C(C)N1N1[C@@H](C)C(C)(C)CC1(C)C. The van der Waals surface area contributed by atoms with E-state index in [2.05, 4.69) is 81.5 Å². The van der Waals surface area contributed by atoms with E-state index in [4.69, 9.17) is 4.42 Å². The van der Waals surface area contributed by atoms with Crippen molar-refractivity contribution in [2.45, 2.75) is 73.3 Å². The molecule has 1 saturated heterocycles. The third kappa shape index (κ3) is 2.36. The Labute approximate surface area is 157 Å². The van der Waals surface area contributed by atoms with Crippen LogP contribution in [0.5, 0.6) is 0 Å². The number of nitrogens with zero attached hydrogens (tertiary/aromatic N) is 3. The van der Waals surface area contributed by atoms with E-state index in [9.17, 15) is 0 Å². The average Bonchev–Trinajstić information content (AvgIpc) is 2.92. The fraction of sp³-hybridized carbons (Fsp3) is 0.571. The quantitative estimate of drug-likeness (QED) is 0.711. The molecule has 2 aromatic heterocycles. The van der Waals surface area contributed by atoms with E-state index in [0.29, 0.717) is 6.04 Å². The number of fused-ring (bicyclic) bond motifs is 3. The van der Waals surface area contributed by atoms with Gasteiger partial charge in [0.1, 0.15) is 5.76 Å². The predicted molar refractivity (Wildman–Crippen MR) is 109 cm³/mol. The molecule has 1 fully saturated rings. The number of hydrogen-bond donors (Lipinski definition) is 0. The molecule has 0 aliphatic carbocycles. The van der Waals surface area contributed by atoms with Crippen molar-refractivity contribution >= 4 is 29.5 Å². The largest absolute Gasteiger partial charge is 0.439 e. The Hall–Kier alpha value is -1.75. The molecule has 0 N–H and O–H groups in total. The molecule has 0 amide bonds. The Kier molecular flexibility index (Phi) is 3.66. The lowest BCUT2D eigenvalue weighted by atomic mass is 9.54. The number of pyridine rings is 1. The molecular weight excluding hydrogens is 321 g/mol.